The molecule has 0 bridgehead atoms. The summed E-state index contributed by atoms with van der Waals surface area (Å²) in [6.45, 7) is 10.0. The fourth-order valence-corrected chi connectivity index (χ4v) is 3.89. The molecule has 6 heteroatoms. The van der Waals surface area contributed by atoms with Crippen molar-refractivity contribution in [3.8, 4) is 0 Å². The van der Waals surface area contributed by atoms with Crippen LogP contribution in [0.5, 0.6) is 0 Å². The summed E-state index contributed by atoms with van der Waals surface area (Å²) in [5, 5.41) is 2.78. The van der Waals surface area contributed by atoms with Crippen molar-refractivity contribution in [2.24, 2.45) is 0 Å². The first-order valence-electron chi connectivity index (χ1n) is 9.32. The van der Waals surface area contributed by atoms with Crippen LogP contribution in [0.4, 0.5) is 14.9 Å². The summed E-state index contributed by atoms with van der Waals surface area (Å²) >= 11 is 0. The molecular formula is C19H29FN4O. The molecule has 2 amide bonds. The van der Waals surface area contributed by atoms with Gasteiger partial charge in [-0.25, -0.2) is 9.18 Å². The second-order valence-electron chi connectivity index (χ2n) is 7.28. The van der Waals surface area contributed by atoms with Crippen LogP contribution < -0.4 is 5.32 Å². The van der Waals surface area contributed by atoms with Crippen LogP contribution >= 0.6 is 0 Å². The number of urea groups is 1. The molecule has 2 aliphatic rings. The molecule has 138 valence electrons. The van der Waals surface area contributed by atoms with Gasteiger partial charge in [0.1, 0.15) is 5.82 Å². The standard InChI is InChI=1S/C19H29FN4O/c1-15-6-7-16(2)24(15)13-10-22-8-11-23(12-9-22)19(25)21-18-5-3-4-17(20)14-18/h3-5,14-16H,6-13H2,1-2H3,(H,21,25). The number of carbonyl (C=O) groups is 1. The summed E-state index contributed by atoms with van der Waals surface area (Å²) in [5.74, 6) is -0.340. The van der Waals surface area contributed by atoms with Gasteiger partial charge in [0, 0.05) is 57.0 Å². The van der Waals surface area contributed by atoms with Gasteiger partial charge in [-0.1, -0.05) is 6.07 Å². The van der Waals surface area contributed by atoms with E-state index >= 15 is 0 Å². The summed E-state index contributed by atoms with van der Waals surface area (Å²) in [7, 11) is 0. The third kappa shape index (κ3) is 4.70. The van der Waals surface area contributed by atoms with E-state index < -0.39 is 0 Å². The average Bonchev–Trinajstić information content (AvgIpc) is 2.92. The van der Waals surface area contributed by atoms with Gasteiger partial charge in [0.25, 0.3) is 0 Å². The minimum absolute atomic E-state index is 0.146. The first kappa shape index (κ1) is 18.1. The molecule has 0 aromatic heterocycles. The quantitative estimate of drug-likeness (QED) is 0.909. The number of anilines is 1. The van der Waals surface area contributed by atoms with Crippen molar-refractivity contribution >= 4 is 11.7 Å². The molecule has 0 radical (unpaired) electrons. The first-order chi connectivity index (χ1) is 12.0. The normalized spacial score (nSPS) is 25.3. The van der Waals surface area contributed by atoms with Gasteiger partial charge in [-0.15, -0.1) is 0 Å². The van der Waals surface area contributed by atoms with Crippen LogP contribution in [0.3, 0.4) is 0 Å². The molecule has 0 aliphatic carbocycles. The summed E-state index contributed by atoms with van der Waals surface area (Å²) in [5.41, 5.74) is 0.504. The molecule has 2 fully saturated rings. The number of rotatable bonds is 4. The van der Waals surface area contributed by atoms with Gasteiger partial charge < -0.3 is 10.2 Å². The van der Waals surface area contributed by atoms with E-state index in [0.717, 1.165) is 26.2 Å². The lowest BCUT2D eigenvalue weighted by molar-refractivity contribution is 0.123. The molecule has 2 unspecified atom stereocenters. The maximum Gasteiger partial charge on any atom is 0.321 e. The topological polar surface area (TPSA) is 38.8 Å². The Bertz CT molecular complexity index is 579. The highest BCUT2D eigenvalue weighted by atomic mass is 19.1. The number of nitrogens with one attached hydrogen (secondary N) is 1. The molecule has 2 aliphatic heterocycles. The summed E-state index contributed by atoms with van der Waals surface area (Å²) in [6, 6.07) is 7.25. The zero-order chi connectivity index (χ0) is 17.8. The molecule has 2 heterocycles. The average molecular weight is 348 g/mol. The van der Waals surface area contributed by atoms with E-state index in [-0.39, 0.29) is 11.8 Å². The van der Waals surface area contributed by atoms with E-state index in [2.05, 4.69) is 29.0 Å². The van der Waals surface area contributed by atoms with Gasteiger partial charge >= 0.3 is 6.03 Å². The predicted molar refractivity (Wildman–Crippen MR) is 98.3 cm³/mol. The summed E-state index contributed by atoms with van der Waals surface area (Å²) in [6.07, 6.45) is 2.60. The number of benzene rings is 1. The van der Waals surface area contributed by atoms with Gasteiger partial charge in [-0.2, -0.15) is 0 Å². The zero-order valence-electron chi connectivity index (χ0n) is 15.2. The Morgan fingerprint density at radius 2 is 1.80 bits per heavy atom. The van der Waals surface area contributed by atoms with Crippen molar-refractivity contribution in [1.82, 2.24) is 14.7 Å². The monoisotopic (exact) mass is 348 g/mol. The van der Waals surface area contributed by atoms with Crippen LogP contribution in [0, 0.1) is 5.82 Å². The van der Waals surface area contributed by atoms with Crippen molar-refractivity contribution in [3.05, 3.63) is 30.1 Å². The van der Waals surface area contributed by atoms with Crippen LogP contribution in [0.25, 0.3) is 0 Å². The summed E-state index contributed by atoms with van der Waals surface area (Å²) < 4.78 is 13.2. The molecular weight excluding hydrogens is 319 g/mol. The number of hydrogen-bond acceptors (Lipinski definition) is 3. The fraction of sp³-hybridized carbons (Fsp3) is 0.632. The van der Waals surface area contributed by atoms with Gasteiger partial charge in [0.2, 0.25) is 0 Å². The van der Waals surface area contributed by atoms with E-state index in [9.17, 15) is 9.18 Å². The summed E-state index contributed by atoms with van der Waals surface area (Å²) in [4.78, 5) is 19.1. The van der Waals surface area contributed by atoms with Crippen LogP contribution in [0.1, 0.15) is 26.7 Å². The van der Waals surface area contributed by atoms with E-state index in [1.54, 1.807) is 12.1 Å². The highest BCUT2D eigenvalue weighted by Gasteiger charge is 2.28. The Hall–Kier alpha value is -1.66. The molecule has 1 aromatic rings. The lowest BCUT2D eigenvalue weighted by atomic mass is 10.2. The minimum atomic E-state index is -0.340. The molecule has 1 N–H and O–H groups in total. The second-order valence-corrected chi connectivity index (χ2v) is 7.28. The SMILES string of the molecule is CC1CCC(C)N1CCN1CCN(C(=O)Nc2cccc(F)c2)CC1. The molecule has 1 aromatic carbocycles. The number of halogens is 1. The Morgan fingerprint density at radius 3 is 2.44 bits per heavy atom. The largest absolute Gasteiger partial charge is 0.322 e. The zero-order valence-corrected chi connectivity index (χ0v) is 15.2. The molecule has 5 nitrogen and oxygen atoms in total. The Labute approximate surface area is 149 Å². The molecule has 0 saturated carbocycles. The number of hydrogen-bond donors (Lipinski definition) is 1. The third-order valence-electron chi connectivity index (χ3n) is 5.54. The minimum Gasteiger partial charge on any atom is -0.322 e. The van der Waals surface area contributed by atoms with Gasteiger partial charge in [0.15, 0.2) is 0 Å². The highest BCUT2D eigenvalue weighted by Crippen LogP contribution is 2.22. The van der Waals surface area contributed by atoms with E-state index in [1.165, 1.54) is 25.0 Å². The van der Waals surface area contributed by atoms with Crippen LogP contribution in [0.2, 0.25) is 0 Å². The number of likely N-dealkylation sites (tertiary alicyclic amines) is 1. The van der Waals surface area contributed by atoms with Crippen molar-refractivity contribution in [1.29, 1.82) is 0 Å². The lowest BCUT2D eigenvalue weighted by Crippen LogP contribution is -2.51. The van der Waals surface area contributed by atoms with Crippen molar-refractivity contribution in [3.63, 3.8) is 0 Å². The van der Waals surface area contributed by atoms with Crippen molar-refractivity contribution in [2.45, 2.75) is 38.8 Å². The molecule has 25 heavy (non-hydrogen) atoms. The van der Waals surface area contributed by atoms with Gasteiger partial charge in [-0.05, 0) is 44.9 Å². The first-order valence-corrected chi connectivity index (χ1v) is 9.32. The van der Waals surface area contributed by atoms with Gasteiger partial charge in [-0.3, -0.25) is 9.80 Å². The molecule has 0 spiro atoms. The highest BCUT2D eigenvalue weighted by molar-refractivity contribution is 5.89. The third-order valence-corrected chi connectivity index (χ3v) is 5.54. The Kier molecular flexibility index (Phi) is 5.91. The van der Waals surface area contributed by atoms with Crippen LogP contribution in [-0.4, -0.2) is 72.1 Å². The molecule has 3 rings (SSSR count). The van der Waals surface area contributed by atoms with Crippen LogP contribution in [-0.2, 0) is 0 Å². The number of piperazine rings is 1. The van der Waals surface area contributed by atoms with E-state index in [0.29, 0.717) is 30.9 Å². The lowest BCUT2D eigenvalue weighted by Gasteiger charge is -2.36. The Balaban J connectivity index is 1.41. The van der Waals surface area contributed by atoms with Crippen molar-refractivity contribution in [2.75, 3.05) is 44.6 Å². The van der Waals surface area contributed by atoms with Gasteiger partial charge in [0.05, 0.1) is 0 Å². The number of nitrogens with zero attached hydrogens (tertiary/aromatic N) is 3. The smallest absolute Gasteiger partial charge is 0.321 e. The number of carbonyl (C=O) groups excluding carboxylic acids is 1. The van der Waals surface area contributed by atoms with E-state index in [4.69, 9.17) is 0 Å². The molecule has 2 atom stereocenters. The second kappa shape index (κ2) is 8.15. The van der Waals surface area contributed by atoms with Crippen molar-refractivity contribution < 1.29 is 9.18 Å². The predicted octanol–water partition coefficient (Wildman–Crippen LogP) is 2.85. The maximum atomic E-state index is 13.2. The number of amides is 2. The Morgan fingerprint density at radius 1 is 1.12 bits per heavy atom. The van der Waals surface area contributed by atoms with Crippen LogP contribution in [0.15, 0.2) is 24.3 Å². The fourth-order valence-electron chi connectivity index (χ4n) is 3.89. The van der Waals surface area contributed by atoms with E-state index in [1.807, 2.05) is 4.90 Å². The maximum absolute atomic E-state index is 13.2. The molecule has 2 saturated heterocycles.